The van der Waals surface area contributed by atoms with Crippen molar-refractivity contribution in [2.24, 2.45) is 5.92 Å². The van der Waals surface area contributed by atoms with Crippen LogP contribution in [0.2, 0.25) is 0 Å². The molecule has 3 aromatic rings. The fraction of sp³-hybridized carbons (Fsp3) is 0.531. The molecule has 4 aliphatic rings. The van der Waals surface area contributed by atoms with Gasteiger partial charge in [0.15, 0.2) is 0 Å². The van der Waals surface area contributed by atoms with Crippen LogP contribution in [0, 0.1) is 18.7 Å². The van der Waals surface area contributed by atoms with Crippen molar-refractivity contribution >= 4 is 0 Å². The van der Waals surface area contributed by atoms with Crippen molar-refractivity contribution in [2.75, 3.05) is 26.2 Å². The van der Waals surface area contributed by atoms with Gasteiger partial charge in [0.2, 0.25) is 0 Å². The van der Waals surface area contributed by atoms with E-state index in [0.717, 1.165) is 45.7 Å². The summed E-state index contributed by atoms with van der Waals surface area (Å²) in [6.07, 6.45) is 6.19. The van der Waals surface area contributed by atoms with Gasteiger partial charge in [-0.25, -0.2) is 9.37 Å². The Bertz CT molecular complexity index is 1260. The summed E-state index contributed by atoms with van der Waals surface area (Å²) >= 11 is 0. The van der Waals surface area contributed by atoms with E-state index in [1.807, 2.05) is 6.07 Å². The number of nitrogens with one attached hydrogen (secondary N) is 1. The zero-order chi connectivity index (χ0) is 25.6. The van der Waals surface area contributed by atoms with E-state index in [9.17, 15) is 4.39 Å². The number of rotatable bonds is 6. The SMILES string of the molecule is Cc1nc2c(n1C1CC3CC[C@H](C1)N3C[C@H]1CN(Cc3ccccc3)C[C@@H]1c1cccc(F)c1)CCNC2. The van der Waals surface area contributed by atoms with Gasteiger partial charge in [0, 0.05) is 75.4 Å². The number of imidazole rings is 1. The number of hydrogen-bond acceptors (Lipinski definition) is 4. The zero-order valence-corrected chi connectivity index (χ0v) is 22.5. The van der Waals surface area contributed by atoms with Crippen LogP contribution < -0.4 is 5.32 Å². The van der Waals surface area contributed by atoms with Gasteiger partial charge >= 0.3 is 0 Å². The van der Waals surface area contributed by atoms with E-state index < -0.39 is 0 Å². The largest absolute Gasteiger partial charge is 0.329 e. The first-order chi connectivity index (χ1) is 18.6. The Morgan fingerprint density at radius 1 is 0.974 bits per heavy atom. The van der Waals surface area contributed by atoms with Crippen LogP contribution in [0.1, 0.15) is 66.0 Å². The number of benzene rings is 2. The zero-order valence-electron chi connectivity index (χ0n) is 22.5. The Morgan fingerprint density at radius 2 is 1.79 bits per heavy atom. The molecule has 5 atom stereocenters. The second-order valence-electron chi connectivity index (χ2n) is 12.2. The Kier molecular flexibility index (Phi) is 6.58. The van der Waals surface area contributed by atoms with Gasteiger partial charge in [-0.2, -0.15) is 0 Å². The third kappa shape index (κ3) is 4.61. The first-order valence-electron chi connectivity index (χ1n) is 14.7. The fourth-order valence-electron chi connectivity index (χ4n) is 8.21. The van der Waals surface area contributed by atoms with Gasteiger partial charge in [-0.3, -0.25) is 9.80 Å². The van der Waals surface area contributed by atoms with Crippen LogP contribution in [0.3, 0.4) is 0 Å². The van der Waals surface area contributed by atoms with Crippen LogP contribution >= 0.6 is 0 Å². The molecule has 200 valence electrons. The highest BCUT2D eigenvalue weighted by molar-refractivity contribution is 5.25. The molecule has 5 heterocycles. The minimum atomic E-state index is -0.113. The molecule has 0 radical (unpaired) electrons. The predicted octanol–water partition coefficient (Wildman–Crippen LogP) is 5.06. The van der Waals surface area contributed by atoms with E-state index in [4.69, 9.17) is 4.98 Å². The van der Waals surface area contributed by atoms with Gasteiger partial charge in [0.1, 0.15) is 11.6 Å². The molecular weight excluding hydrogens is 473 g/mol. The monoisotopic (exact) mass is 513 g/mol. The fourth-order valence-corrected chi connectivity index (χ4v) is 8.21. The summed E-state index contributed by atoms with van der Waals surface area (Å²) in [5.74, 6) is 1.99. The van der Waals surface area contributed by atoms with Crippen molar-refractivity contribution in [1.82, 2.24) is 24.7 Å². The standard InChI is InChI=1S/C32H40FN5/c1-22-35-31-17-34-13-12-32(31)38(22)29-15-27-10-11-28(16-29)37(27)20-25-19-36(18-23-6-3-2-4-7-23)21-30(25)24-8-5-9-26(33)14-24/h2-9,14,25,27-30,34H,10-13,15-21H2,1H3/t25-,27-,28?,29?,30-/m1/s1. The predicted molar refractivity (Wildman–Crippen MR) is 149 cm³/mol. The molecule has 4 aliphatic heterocycles. The van der Waals surface area contributed by atoms with E-state index >= 15 is 0 Å². The topological polar surface area (TPSA) is 36.3 Å². The van der Waals surface area contributed by atoms with Crippen molar-refractivity contribution < 1.29 is 4.39 Å². The van der Waals surface area contributed by atoms with Crippen LogP contribution in [0.15, 0.2) is 54.6 Å². The third-order valence-corrected chi connectivity index (χ3v) is 9.81. The lowest BCUT2D eigenvalue weighted by Gasteiger charge is -2.42. The van der Waals surface area contributed by atoms with Crippen LogP contribution in [-0.4, -0.2) is 57.6 Å². The molecule has 38 heavy (non-hydrogen) atoms. The molecule has 0 spiro atoms. The molecule has 0 amide bonds. The molecule has 2 bridgehead atoms. The molecule has 3 fully saturated rings. The number of fused-ring (bicyclic) bond motifs is 3. The van der Waals surface area contributed by atoms with Gasteiger partial charge in [0.25, 0.3) is 0 Å². The van der Waals surface area contributed by atoms with Crippen molar-refractivity contribution in [3.63, 3.8) is 0 Å². The van der Waals surface area contributed by atoms with E-state index in [-0.39, 0.29) is 5.82 Å². The maximum absolute atomic E-state index is 14.3. The third-order valence-electron chi connectivity index (χ3n) is 9.81. The van der Waals surface area contributed by atoms with Crippen molar-refractivity contribution in [3.05, 3.63) is 88.8 Å². The van der Waals surface area contributed by atoms with E-state index in [2.05, 4.69) is 63.0 Å². The summed E-state index contributed by atoms with van der Waals surface area (Å²) in [5.41, 5.74) is 5.28. The minimum absolute atomic E-state index is 0.113. The highest BCUT2D eigenvalue weighted by atomic mass is 19.1. The number of aryl methyl sites for hydroxylation is 1. The molecule has 3 saturated heterocycles. The van der Waals surface area contributed by atoms with Crippen LogP contribution in [0.25, 0.3) is 0 Å². The summed E-state index contributed by atoms with van der Waals surface area (Å²) in [7, 11) is 0. The Labute approximate surface area is 226 Å². The quantitative estimate of drug-likeness (QED) is 0.500. The molecular formula is C32H40FN5. The summed E-state index contributed by atoms with van der Waals surface area (Å²) in [6, 6.07) is 20.1. The number of nitrogens with zero attached hydrogens (tertiary/aromatic N) is 4. The lowest BCUT2D eigenvalue weighted by atomic mass is 9.87. The Morgan fingerprint density at radius 3 is 2.58 bits per heavy atom. The molecule has 0 aliphatic carbocycles. The normalized spacial score (nSPS) is 29.6. The minimum Gasteiger partial charge on any atom is -0.329 e. The molecule has 1 aromatic heterocycles. The maximum atomic E-state index is 14.3. The smallest absolute Gasteiger partial charge is 0.123 e. The van der Waals surface area contributed by atoms with Crippen molar-refractivity contribution in [3.8, 4) is 0 Å². The van der Waals surface area contributed by atoms with E-state index in [0.29, 0.717) is 30.0 Å². The maximum Gasteiger partial charge on any atom is 0.123 e. The highest BCUT2D eigenvalue weighted by Crippen LogP contribution is 2.44. The molecule has 2 aromatic carbocycles. The van der Waals surface area contributed by atoms with Gasteiger partial charge in [-0.1, -0.05) is 42.5 Å². The Hall–Kier alpha value is -2.54. The van der Waals surface area contributed by atoms with Crippen LogP contribution in [-0.2, 0) is 19.5 Å². The molecule has 0 saturated carbocycles. The summed E-state index contributed by atoms with van der Waals surface area (Å²) in [4.78, 5) is 10.4. The van der Waals surface area contributed by atoms with E-state index in [1.54, 1.807) is 12.1 Å². The van der Waals surface area contributed by atoms with Crippen LogP contribution in [0.5, 0.6) is 0 Å². The number of likely N-dealkylation sites (tertiary alicyclic amines) is 1. The first-order valence-corrected chi connectivity index (χ1v) is 14.7. The summed E-state index contributed by atoms with van der Waals surface area (Å²) < 4.78 is 16.9. The van der Waals surface area contributed by atoms with Gasteiger partial charge in [-0.15, -0.1) is 0 Å². The van der Waals surface area contributed by atoms with Gasteiger partial charge in [0.05, 0.1) is 5.69 Å². The lowest BCUT2D eigenvalue weighted by molar-refractivity contribution is 0.0856. The number of hydrogen-bond donors (Lipinski definition) is 1. The molecule has 2 unspecified atom stereocenters. The number of piperidine rings is 1. The van der Waals surface area contributed by atoms with Crippen molar-refractivity contribution in [2.45, 2.75) is 76.2 Å². The summed E-state index contributed by atoms with van der Waals surface area (Å²) in [6.45, 7) is 8.36. The number of aromatic nitrogens is 2. The second-order valence-corrected chi connectivity index (χ2v) is 12.2. The average molecular weight is 514 g/mol. The molecule has 7 rings (SSSR count). The molecule has 6 heteroatoms. The Balaban J connectivity index is 1.10. The van der Waals surface area contributed by atoms with Crippen LogP contribution in [0.4, 0.5) is 4.39 Å². The van der Waals surface area contributed by atoms with Crippen molar-refractivity contribution in [1.29, 1.82) is 0 Å². The van der Waals surface area contributed by atoms with Gasteiger partial charge < -0.3 is 9.88 Å². The second kappa shape index (κ2) is 10.2. The highest BCUT2D eigenvalue weighted by Gasteiger charge is 2.45. The number of halogens is 1. The first kappa shape index (κ1) is 24.5. The molecule has 1 N–H and O–H groups in total. The molecule has 5 nitrogen and oxygen atoms in total. The van der Waals surface area contributed by atoms with Gasteiger partial charge in [-0.05, 0) is 61.8 Å². The average Bonchev–Trinajstić information content (AvgIpc) is 3.54. The lowest BCUT2D eigenvalue weighted by Crippen LogP contribution is -2.47. The van der Waals surface area contributed by atoms with E-state index in [1.165, 1.54) is 54.0 Å². The summed E-state index contributed by atoms with van der Waals surface area (Å²) in [5, 5.41) is 3.49.